The van der Waals surface area contributed by atoms with Gasteiger partial charge in [-0.25, -0.2) is 4.21 Å². The summed E-state index contributed by atoms with van der Waals surface area (Å²) in [5.74, 6) is -0.168. The van der Waals surface area contributed by atoms with Crippen LogP contribution in [-0.4, -0.2) is 15.5 Å². The molecule has 0 saturated carbocycles. The van der Waals surface area contributed by atoms with Crippen molar-refractivity contribution in [3.05, 3.63) is 29.3 Å². The Morgan fingerprint density at radius 1 is 1.22 bits per heavy atom. The molecule has 0 aliphatic heterocycles. The van der Waals surface area contributed by atoms with Crippen molar-refractivity contribution in [2.24, 2.45) is 0 Å². The lowest BCUT2D eigenvalue weighted by Crippen LogP contribution is -2.21. The third-order valence-corrected chi connectivity index (χ3v) is 3.31. The van der Waals surface area contributed by atoms with E-state index in [9.17, 15) is 22.2 Å². The van der Waals surface area contributed by atoms with Gasteiger partial charge in [-0.1, -0.05) is 0 Å². The van der Waals surface area contributed by atoms with Crippen molar-refractivity contribution in [3.63, 3.8) is 0 Å². The Kier molecular flexibility index (Phi) is 3.43. The van der Waals surface area contributed by atoms with E-state index in [4.69, 9.17) is 0 Å². The van der Waals surface area contributed by atoms with Crippen LogP contribution in [0, 0.1) is 0 Å². The molecule has 1 aliphatic rings. The molecule has 7 heteroatoms. The number of aryl methyl sites for hydroxylation is 1. The summed E-state index contributed by atoms with van der Waals surface area (Å²) in [6.07, 6.45) is 1.72. The second-order valence-electron chi connectivity index (χ2n) is 3.86. The van der Waals surface area contributed by atoms with Crippen molar-refractivity contribution in [1.82, 2.24) is 0 Å². The summed E-state index contributed by atoms with van der Waals surface area (Å²) < 4.78 is 51.2. The van der Waals surface area contributed by atoms with Crippen LogP contribution in [0.5, 0.6) is 5.75 Å². The third-order valence-electron chi connectivity index (χ3n) is 2.59. The number of hydrogen-bond acceptors (Lipinski definition) is 3. The molecular weight excluding hydrogens is 269 g/mol. The zero-order chi connectivity index (χ0) is 13.3. The number of rotatable bonds is 2. The number of halogens is 3. The van der Waals surface area contributed by atoms with Gasteiger partial charge >= 0.3 is 16.6 Å². The molecule has 0 heterocycles. The van der Waals surface area contributed by atoms with Gasteiger partial charge in [0.15, 0.2) is 5.78 Å². The van der Waals surface area contributed by atoms with Gasteiger partial charge in [0.2, 0.25) is 0 Å². The normalized spacial score (nSPS) is 17.2. The van der Waals surface area contributed by atoms with E-state index >= 15 is 0 Å². The van der Waals surface area contributed by atoms with Crippen molar-refractivity contribution in [1.29, 1.82) is 0 Å². The first kappa shape index (κ1) is 13.1. The average Bonchev–Trinajstić information content (AvgIpc) is 2.28. The highest BCUT2D eigenvalue weighted by molar-refractivity contribution is 7.81. The first-order valence-corrected chi connectivity index (χ1v) is 6.28. The maximum atomic E-state index is 12.1. The zero-order valence-corrected chi connectivity index (χ0v) is 9.94. The van der Waals surface area contributed by atoms with Crippen LogP contribution in [0.2, 0.25) is 0 Å². The number of carbonyl (C=O) groups excluding carboxylic acids is 1. The molecule has 1 atom stereocenters. The van der Waals surface area contributed by atoms with Gasteiger partial charge < -0.3 is 4.18 Å². The van der Waals surface area contributed by atoms with Gasteiger partial charge in [0.25, 0.3) is 0 Å². The molecule has 0 spiro atoms. The summed E-state index contributed by atoms with van der Waals surface area (Å²) >= 11 is -3.38. The van der Waals surface area contributed by atoms with E-state index in [1.165, 1.54) is 18.2 Å². The number of alkyl halides is 3. The first-order valence-electron chi connectivity index (χ1n) is 5.21. The van der Waals surface area contributed by atoms with Crippen LogP contribution in [0.4, 0.5) is 13.2 Å². The van der Waals surface area contributed by atoms with Gasteiger partial charge in [0, 0.05) is 12.0 Å². The summed E-state index contributed by atoms with van der Waals surface area (Å²) in [7, 11) is 0. The molecule has 0 N–H and O–H groups in total. The molecule has 0 saturated heterocycles. The molecule has 2 rings (SSSR count). The SMILES string of the molecule is O=C1CCCc2cc(OS(=O)C(F)(F)F)ccc21. The zero-order valence-electron chi connectivity index (χ0n) is 9.12. The lowest BCUT2D eigenvalue weighted by molar-refractivity contribution is -0.0437. The molecule has 0 radical (unpaired) electrons. The molecule has 1 aromatic carbocycles. The highest BCUT2D eigenvalue weighted by Gasteiger charge is 2.40. The molecule has 0 bridgehead atoms. The third kappa shape index (κ3) is 2.72. The maximum Gasteiger partial charge on any atom is 0.508 e. The van der Waals surface area contributed by atoms with Gasteiger partial charge in [-0.05, 0) is 36.6 Å². The summed E-state index contributed by atoms with van der Waals surface area (Å²) in [5.41, 5.74) is -3.76. The Bertz CT molecular complexity index is 511. The van der Waals surface area contributed by atoms with E-state index in [1.807, 2.05) is 0 Å². The van der Waals surface area contributed by atoms with Gasteiger partial charge in [0.05, 0.1) is 0 Å². The van der Waals surface area contributed by atoms with Crippen LogP contribution in [0.15, 0.2) is 18.2 Å². The van der Waals surface area contributed by atoms with Crippen LogP contribution in [-0.2, 0) is 17.5 Å². The monoisotopic (exact) mass is 278 g/mol. The van der Waals surface area contributed by atoms with Gasteiger partial charge in [-0.15, -0.1) is 0 Å². The Morgan fingerprint density at radius 3 is 2.61 bits per heavy atom. The number of carbonyl (C=O) groups is 1. The molecule has 0 aromatic heterocycles. The Labute approximate surface area is 104 Å². The molecule has 0 fully saturated rings. The summed E-state index contributed by atoms with van der Waals surface area (Å²) in [6.45, 7) is 0. The van der Waals surface area contributed by atoms with Crippen molar-refractivity contribution in [2.45, 2.75) is 24.8 Å². The van der Waals surface area contributed by atoms with Crippen LogP contribution >= 0.6 is 0 Å². The highest BCUT2D eigenvalue weighted by Crippen LogP contribution is 2.28. The van der Waals surface area contributed by atoms with Crippen LogP contribution in [0.3, 0.4) is 0 Å². The molecule has 1 unspecified atom stereocenters. The fraction of sp³-hybridized carbons (Fsp3) is 0.364. The average molecular weight is 278 g/mol. The van der Waals surface area contributed by atoms with Crippen molar-refractivity contribution < 1.29 is 26.4 Å². The number of fused-ring (bicyclic) bond motifs is 1. The summed E-state index contributed by atoms with van der Waals surface area (Å²) in [4.78, 5) is 11.5. The van der Waals surface area contributed by atoms with Crippen LogP contribution in [0.1, 0.15) is 28.8 Å². The molecule has 1 aliphatic carbocycles. The molecular formula is C11H9F3O3S. The smallest absolute Gasteiger partial charge is 0.394 e. The van der Waals surface area contributed by atoms with E-state index in [2.05, 4.69) is 4.18 Å². The standard InChI is InChI=1S/C11H9F3O3S/c12-11(13,14)18(16)17-8-4-5-9-7(6-8)2-1-3-10(9)15/h4-6H,1-3H2. The van der Waals surface area contributed by atoms with Gasteiger partial charge in [-0.3, -0.25) is 4.79 Å². The number of hydrogen-bond donors (Lipinski definition) is 0. The minimum Gasteiger partial charge on any atom is -0.394 e. The number of Topliss-reactive ketones (excluding diaryl/α,β-unsaturated/α-hetero) is 1. The summed E-state index contributed by atoms with van der Waals surface area (Å²) in [6, 6.07) is 3.99. The Morgan fingerprint density at radius 2 is 1.94 bits per heavy atom. The fourth-order valence-corrected chi connectivity index (χ4v) is 2.18. The highest BCUT2D eigenvalue weighted by atomic mass is 32.2. The second kappa shape index (κ2) is 4.72. The molecule has 3 nitrogen and oxygen atoms in total. The van der Waals surface area contributed by atoms with E-state index in [1.54, 1.807) is 0 Å². The first-order chi connectivity index (χ1) is 8.38. The lowest BCUT2D eigenvalue weighted by Gasteiger charge is -2.15. The van der Waals surface area contributed by atoms with Crippen molar-refractivity contribution >= 4 is 16.9 Å². The van der Waals surface area contributed by atoms with Gasteiger partial charge in [-0.2, -0.15) is 13.2 Å². The van der Waals surface area contributed by atoms with Crippen molar-refractivity contribution in [2.75, 3.05) is 0 Å². The fourth-order valence-electron chi connectivity index (χ4n) is 1.81. The van der Waals surface area contributed by atoms with E-state index in [0.29, 0.717) is 30.4 Å². The largest absolute Gasteiger partial charge is 0.508 e. The topological polar surface area (TPSA) is 43.4 Å². The minimum atomic E-state index is -4.91. The Hall–Kier alpha value is -1.37. The minimum absolute atomic E-state index is 0.0280. The van der Waals surface area contributed by atoms with Crippen LogP contribution < -0.4 is 4.18 Å². The number of benzene rings is 1. The predicted molar refractivity (Wildman–Crippen MR) is 58.5 cm³/mol. The summed E-state index contributed by atoms with van der Waals surface area (Å²) in [5, 5.41) is 0. The predicted octanol–water partition coefficient (Wildman–Crippen LogP) is 2.77. The molecule has 0 amide bonds. The van der Waals surface area contributed by atoms with E-state index < -0.39 is 16.6 Å². The quantitative estimate of drug-likeness (QED) is 0.835. The van der Waals surface area contributed by atoms with E-state index in [-0.39, 0.29) is 11.5 Å². The number of ketones is 1. The van der Waals surface area contributed by atoms with Crippen molar-refractivity contribution in [3.8, 4) is 5.75 Å². The van der Waals surface area contributed by atoms with E-state index in [0.717, 1.165) is 0 Å². The Balaban J connectivity index is 2.22. The van der Waals surface area contributed by atoms with Gasteiger partial charge in [0.1, 0.15) is 5.75 Å². The second-order valence-corrected chi connectivity index (χ2v) is 4.96. The lowest BCUT2D eigenvalue weighted by atomic mass is 9.91. The maximum absolute atomic E-state index is 12.1. The molecule has 98 valence electrons. The van der Waals surface area contributed by atoms with Crippen LogP contribution in [0.25, 0.3) is 0 Å². The molecule has 18 heavy (non-hydrogen) atoms. The molecule has 1 aromatic rings.